The summed E-state index contributed by atoms with van der Waals surface area (Å²) in [6.07, 6.45) is -4.62. The molecule has 0 spiro atoms. The molecule has 0 amide bonds. The topological polar surface area (TPSA) is 165 Å². The molecule has 1 aliphatic rings. The summed E-state index contributed by atoms with van der Waals surface area (Å²) in [5, 5.41) is 3.61. The number of nitrogens with one attached hydrogen (secondary N) is 2. The van der Waals surface area contributed by atoms with E-state index >= 15 is 4.39 Å². The summed E-state index contributed by atoms with van der Waals surface area (Å²) in [6, 6.07) is 66.7. The SMILES string of the molecule is COc1ccc(C(Nc2nc3c(ncn3C3OC(COC(=O)c4ccc(C)cc4)(COC(c4ccccc4)(c4ccccc4)c4ccc(OC)cc4)C(OC(=O)c4ccc(C)cc4)C3F)c(=O)[nH]2)(c2ccccc2)c2ccccc2)cc1. The first-order valence-electron chi connectivity index (χ1n) is 26.7. The molecule has 412 valence electrons. The van der Waals surface area contributed by atoms with E-state index in [1.807, 2.05) is 184 Å². The maximum Gasteiger partial charge on any atom is 0.338 e. The zero-order valence-electron chi connectivity index (χ0n) is 45.4. The van der Waals surface area contributed by atoms with Crippen LogP contribution in [0, 0.1) is 13.8 Å². The lowest BCUT2D eigenvalue weighted by molar-refractivity contribution is -0.178. The number of carbonyl (C=O) groups excluding carboxylic acids is 2. The van der Waals surface area contributed by atoms with E-state index in [0.29, 0.717) is 28.2 Å². The fraction of sp³-hybridized carbons (Fsp3) is 0.179. The summed E-state index contributed by atoms with van der Waals surface area (Å²) >= 11 is 0. The highest BCUT2D eigenvalue weighted by Gasteiger charge is 2.61. The molecule has 8 aromatic carbocycles. The number of H-pyrrole nitrogens is 1. The molecule has 14 nitrogen and oxygen atoms in total. The van der Waals surface area contributed by atoms with Crippen LogP contribution in [-0.2, 0) is 30.1 Å². The largest absolute Gasteiger partial charge is 0.497 e. The first-order valence-corrected chi connectivity index (χ1v) is 26.7. The van der Waals surface area contributed by atoms with Gasteiger partial charge in [0.25, 0.3) is 5.56 Å². The second-order valence-corrected chi connectivity index (χ2v) is 20.2. The van der Waals surface area contributed by atoms with Gasteiger partial charge in [0.15, 0.2) is 35.3 Å². The van der Waals surface area contributed by atoms with Crippen LogP contribution in [0.1, 0.15) is 71.5 Å². The monoisotopic (exact) mass is 1100 g/mol. The minimum absolute atomic E-state index is 0.00449. The summed E-state index contributed by atoms with van der Waals surface area (Å²) in [4.78, 5) is 55.7. The standard InChI is InChI=1S/C67H58FN5O9/c1-44-25-29-46(30-26-44)62(75)79-41-65(42-80-67(51-21-13-7-14-22-51,52-23-15-8-16-24-52)53-35-39-55(78-4)40-36-53)58(81-63(76)47-31-27-45(2)28-32-47)56(68)61(82-65)73-43-69-57-59(73)70-64(71-60(57)74)72-66(48-17-9-5-10-18-48,49-19-11-6-12-20-49)50-33-37-54(77-3)38-34-50/h5-40,43,56,58,61H,41-42H2,1-4H3,(H2,70,71,72,74). The number of hydrogen-bond donors (Lipinski definition) is 2. The number of alkyl halides is 1. The maximum atomic E-state index is 18.7. The molecule has 4 atom stereocenters. The molecule has 1 aliphatic heterocycles. The van der Waals surface area contributed by atoms with Crippen LogP contribution in [0.25, 0.3) is 11.2 Å². The molecule has 0 radical (unpaired) electrons. The minimum atomic E-state index is -2.26. The van der Waals surface area contributed by atoms with Crippen LogP contribution in [0.4, 0.5) is 10.3 Å². The highest BCUT2D eigenvalue weighted by atomic mass is 19.1. The number of methoxy groups -OCH3 is 2. The van der Waals surface area contributed by atoms with Gasteiger partial charge >= 0.3 is 11.9 Å². The molecule has 15 heteroatoms. The van der Waals surface area contributed by atoms with Crippen molar-refractivity contribution in [3.05, 3.63) is 291 Å². The Morgan fingerprint density at radius 1 is 0.610 bits per heavy atom. The first kappa shape index (κ1) is 54.3. The van der Waals surface area contributed by atoms with Gasteiger partial charge in [-0.15, -0.1) is 0 Å². The number of benzene rings is 8. The third-order valence-corrected chi connectivity index (χ3v) is 15.0. The van der Waals surface area contributed by atoms with Crippen molar-refractivity contribution in [2.24, 2.45) is 0 Å². The van der Waals surface area contributed by atoms with Gasteiger partial charge in [0, 0.05) is 0 Å². The van der Waals surface area contributed by atoms with Crippen LogP contribution >= 0.6 is 0 Å². The second-order valence-electron chi connectivity index (χ2n) is 20.2. The highest BCUT2D eigenvalue weighted by Crippen LogP contribution is 2.48. The van der Waals surface area contributed by atoms with Gasteiger partial charge in [-0.3, -0.25) is 14.3 Å². The van der Waals surface area contributed by atoms with E-state index in [1.54, 1.807) is 62.8 Å². The number of aromatic nitrogens is 4. The summed E-state index contributed by atoms with van der Waals surface area (Å²) < 4.78 is 58.3. The maximum absolute atomic E-state index is 18.7. The predicted octanol–water partition coefficient (Wildman–Crippen LogP) is 11.9. The Bertz CT molecular complexity index is 3790. The average molecular weight is 1100 g/mol. The molecule has 3 heterocycles. The Labute approximate surface area is 473 Å². The van der Waals surface area contributed by atoms with E-state index in [2.05, 4.69) is 15.3 Å². The number of halogens is 1. The lowest BCUT2D eigenvalue weighted by Gasteiger charge is -2.40. The third-order valence-electron chi connectivity index (χ3n) is 15.0. The number of anilines is 1. The zero-order chi connectivity index (χ0) is 56.8. The average Bonchev–Trinajstić information content (AvgIpc) is 4.24. The van der Waals surface area contributed by atoms with E-state index in [-0.39, 0.29) is 28.2 Å². The molecule has 2 aromatic heterocycles. The molecule has 11 rings (SSSR count). The molecule has 1 saturated heterocycles. The van der Waals surface area contributed by atoms with Crippen LogP contribution in [-0.4, -0.2) is 76.8 Å². The number of rotatable bonds is 19. The predicted molar refractivity (Wildman–Crippen MR) is 309 cm³/mol. The summed E-state index contributed by atoms with van der Waals surface area (Å²) in [5.74, 6) is -0.420. The Hall–Kier alpha value is -9.70. The van der Waals surface area contributed by atoms with Crippen LogP contribution in [0.15, 0.2) is 230 Å². The molecule has 0 saturated carbocycles. The van der Waals surface area contributed by atoms with Crippen LogP contribution < -0.4 is 20.3 Å². The number of aryl methyl sites for hydroxylation is 2. The number of imidazole rings is 1. The molecular weight excluding hydrogens is 1040 g/mol. The Morgan fingerprint density at radius 2 is 1.06 bits per heavy atom. The van der Waals surface area contributed by atoms with Gasteiger partial charge in [-0.1, -0.05) is 181 Å². The molecule has 0 aliphatic carbocycles. The smallest absolute Gasteiger partial charge is 0.338 e. The number of esters is 2. The van der Waals surface area contributed by atoms with Crippen molar-refractivity contribution in [3.63, 3.8) is 0 Å². The van der Waals surface area contributed by atoms with Gasteiger partial charge in [0.1, 0.15) is 29.2 Å². The lowest BCUT2D eigenvalue weighted by atomic mass is 9.77. The number of fused-ring (bicyclic) bond motifs is 1. The number of ether oxygens (including phenoxy) is 6. The van der Waals surface area contributed by atoms with Crippen molar-refractivity contribution >= 4 is 29.1 Å². The van der Waals surface area contributed by atoms with Crippen LogP contribution in [0.2, 0.25) is 0 Å². The number of carbonyl (C=O) groups is 2. The van der Waals surface area contributed by atoms with Crippen LogP contribution in [0.3, 0.4) is 0 Å². The van der Waals surface area contributed by atoms with Crippen molar-refractivity contribution in [2.45, 2.75) is 49.1 Å². The molecule has 10 aromatic rings. The zero-order valence-corrected chi connectivity index (χ0v) is 45.4. The quantitative estimate of drug-likeness (QED) is 0.0582. The minimum Gasteiger partial charge on any atom is -0.497 e. The van der Waals surface area contributed by atoms with Gasteiger partial charge < -0.3 is 33.7 Å². The molecule has 0 bridgehead atoms. The Morgan fingerprint density at radius 3 is 1.56 bits per heavy atom. The van der Waals surface area contributed by atoms with E-state index in [4.69, 9.17) is 33.4 Å². The molecular formula is C67H58FN5O9. The number of aromatic amines is 1. The Kier molecular flexibility index (Phi) is 15.3. The van der Waals surface area contributed by atoms with Crippen molar-refractivity contribution in [1.29, 1.82) is 0 Å². The molecule has 1 fully saturated rings. The van der Waals surface area contributed by atoms with E-state index in [1.165, 1.54) is 10.9 Å². The van der Waals surface area contributed by atoms with Gasteiger partial charge in [0.05, 0.1) is 38.3 Å². The lowest BCUT2D eigenvalue weighted by Crippen LogP contribution is -2.54. The summed E-state index contributed by atoms with van der Waals surface area (Å²) in [6.45, 7) is 2.50. The summed E-state index contributed by atoms with van der Waals surface area (Å²) in [5.41, 5.74) is 0.785. The summed E-state index contributed by atoms with van der Waals surface area (Å²) in [7, 11) is 3.17. The molecule has 4 unspecified atom stereocenters. The number of hydrogen-bond acceptors (Lipinski definition) is 12. The van der Waals surface area contributed by atoms with E-state index in [9.17, 15) is 14.4 Å². The van der Waals surface area contributed by atoms with E-state index in [0.717, 1.165) is 27.8 Å². The fourth-order valence-electron chi connectivity index (χ4n) is 10.7. The van der Waals surface area contributed by atoms with Gasteiger partial charge in [-0.05, 0) is 95.8 Å². The number of nitrogens with zero attached hydrogens (tertiary/aromatic N) is 3. The van der Waals surface area contributed by atoms with Gasteiger partial charge in [0.2, 0.25) is 5.95 Å². The van der Waals surface area contributed by atoms with Crippen molar-refractivity contribution in [3.8, 4) is 11.5 Å². The van der Waals surface area contributed by atoms with E-state index < -0.39 is 66.0 Å². The second kappa shape index (κ2) is 23.2. The molecule has 2 N–H and O–H groups in total. The van der Waals surface area contributed by atoms with Crippen molar-refractivity contribution < 1.29 is 42.4 Å². The third kappa shape index (κ3) is 10.4. The van der Waals surface area contributed by atoms with Crippen molar-refractivity contribution in [2.75, 3.05) is 32.8 Å². The highest BCUT2D eigenvalue weighted by molar-refractivity contribution is 5.90. The fourth-order valence-corrected chi connectivity index (χ4v) is 10.7. The van der Waals surface area contributed by atoms with Crippen molar-refractivity contribution in [1.82, 2.24) is 19.5 Å². The van der Waals surface area contributed by atoms with Crippen LogP contribution in [0.5, 0.6) is 11.5 Å². The first-order chi connectivity index (χ1) is 39.9. The normalized spacial score (nSPS) is 17.0. The van der Waals surface area contributed by atoms with Gasteiger partial charge in [-0.2, -0.15) is 4.98 Å². The Balaban J connectivity index is 1.08. The molecule has 82 heavy (non-hydrogen) atoms. The van der Waals surface area contributed by atoms with Gasteiger partial charge in [-0.25, -0.2) is 19.0 Å².